The number of hydrogen-bond donors (Lipinski definition) is 3. The highest BCUT2D eigenvalue weighted by Gasteiger charge is 2.40. The van der Waals surface area contributed by atoms with E-state index in [1.54, 1.807) is 0 Å². The largest absolute Gasteiger partial charge is 0.376 e. The standard InChI is InChI=1S/C13H28N4O2.HI/c1-4-13(5-2,11(14)8-16-12(15)18)17-6-7-19-10(3)9-17;/h10-11H,4-9,14H2,1-3H3,(H3,15,16,18);1H. The maximum absolute atomic E-state index is 10.9. The monoisotopic (exact) mass is 400 g/mol. The maximum Gasteiger partial charge on any atom is 0.312 e. The Morgan fingerprint density at radius 1 is 1.50 bits per heavy atom. The third-order valence-electron chi connectivity index (χ3n) is 4.28. The van der Waals surface area contributed by atoms with E-state index in [1.807, 2.05) is 0 Å². The highest BCUT2D eigenvalue weighted by Crippen LogP contribution is 2.29. The molecule has 1 aliphatic heterocycles. The molecule has 1 heterocycles. The van der Waals surface area contributed by atoms with Crippen LogP contribution in [-0.4, -0.2) is 54.9 Å². The Hall–Kier alpha value is -0.120. The van der Waals surface area contributed by atoms with Crippen molar-refractivity contribution in [3.05, 3.63) is 0 Å². The Morgan fingerprint density at radius 2 is 2.10 bits per heavy atom. The van der Waals surface area contributed by atoms with Gasteiger partial charge in [0.2, 0.25) is 0 Å². The van der Waals surface area contributed by atoms with Crippen LogP contribution >= 0.6 is 24.0 Å². The molecule has 1 fully saturated rings. The molecule has 2 atom stereocenters. The van der Waals surface area contributed by atoms with E-state index in [0.717, 1.165) is 32.5 Å². The molecule has 120 valence electrons. The van der Waals surface area contributed by atoms with Crippen LogP contribution in [0.25, 0.3) is 0 Å². The number of carbonyl (C=O) groups excluding carboxylic acids is 1. The molecule has 7 heteroatoms. The van der Waals surface area contributed by atoms with Gasteiger partial charge in [0.1, 0.15) is 0 Å². The Balaban J connectivity index is 0.00000361. The van der Waals surface area contributed by atoms with Crippen molar-refractivity contribution in [2.75, 3.05) is 26.2 Å². The number of morpholine rings is 1. The van der Waals surface area contributed by atoms with Gasteiger partial charge in [-0.15, -0.1) is 24.0 Å². The van der Waals surface area contributed by atoms with Gasteiger partial charge in [-0.2, -0.15) is 0 Å². The van der Waals surface area contributed by atoms with E-state index < -0.39 is 6.03 Å². The molecule has 0 aliphatic carbocycles. The quantitative estimate of drug-likeness (QED) is 0.577. The summed E-state index contributed by atoms with van der Waals surface area (Å²) in [7, 11) is 0. The van der Waals surface area contributed by atoms with E-state index in [4.69, 9.17) is 16.2 Å². The van der Waals surface area contributed by atoms with Crippen molar-refractivity contribution in [2.24, 2.45) is 11.5 Å². The molecule has 0 aromatic rings. The zero-order chi connectivity index (χ0) is 14.5. The predicted octanol–water partition coefficient (Wildman–Crippen LogP) is 0.880. The fourth-order valence-corrected chi connectivity index (χ4v) is 3.08. The van der Waals surface area contributed by atoms with Gasteiger partial charge in [-0.25, -0.2) is 4.79 Å². The van der Waals surface area contributed by atoms with Crippen LogP contribution in [-0.2, 0) is 4.74 Å². The van der Waals surface area contributed by atoms with Crippen LogP contribution in [0.2, 0.25) is 0 Å². The molecule has 0 aromatic carbocycles. The number of ether oxygens (including phenoxy) is 1. The maximum atomic E-state index is 10.9. The van der Waals surface area contributed by atoms with E-state index >= 15 is 0 Å². The SMILES string of the molecule is CCC(CC)(C(N)CNC(N)=O)N1CCOC(C)C1.I. The number of nitrogens with zero attached hydrogens (tertiary/aromatic N) is 1. The second-order valence-electron chi connectivity index (χ2n) is 5.29. The Labute approximate surface area is 139 Å². The summed E-state index contributed by atoms with van der Waals surface area (Å²) in [5.41, 5.74) is 11.4. The number of halogens is 1. The van der Waals surface area contributed by atoms with Crippen molar-refractivity contribution in [1.82, 2.24) is 10.2 Å². The normalized spacial score (nSPS) is 21.9. The fourth-order valence-electron chi connectivity index (χ4n) is 3.08. The van der Waals surface area contributed by atoms with E-state index in [2.05, 4.69) is 31.0 Å². The zero-order valence-corrected chi connectivity index (χ0v) is 15.1. The minimum atomic E-state index is -0.521. The van der Waals surface area contributed by atoms with Gasteiger partial charge in [-0.1, -0.05) is 13.8 Å². The molecule has 0 saturated carbocycles. The predicted molar refractivity (Wildman–Crippen MR) is 91.3 cm³/mol. The average molecular weight is 400 g/mol. The number of nitrogens with two attached hydrogens (primary N) is 2. The summed E-state index contributed by atoms with van der Waals surface area (Å²) in [6.07, 6.45) is 2.11. The van der Waals surface area contributed by atoms with Crippen molar-refractivity contribution >= 4 is 30.0 Å². The molecule has 0 radical (unpaired) electrons. The van der Waals surface area contributed by atoms with Crippen LogP contribution in [0.3, 0.4) is 0 Å². The number of urea groups is 1. The van der Waals surface area contributed by atoms with E-state index in [1.165, 1.54) is 0 Å². The van der Waals surface area contributed by atoms with Crippen LogP contribution in [0.4, 0.5) is 4.79 Å². The number of amides is 2. The Morgan fingerprint density at radius 3 is 2.55 bits per heavy atom. The first-order chi connectivity index (χ1) is 8.96. The summed E-state index contributed by atoms with van der Waals surface area (Å²) in [5.74, 6) is 0. The number of nitrogens with one attached hydrogen (secondary N) is 1. The number of rotatable bonds is 6. The molecule has 0 aromatic heterocycles. The van der Waals surface area contributed by atoms with Crippen molar-refractivity contribution in [3.63, 3.8) is 0 Å². The van der Waals surface area contributed by atoms with Crippen LogP contribution in [0.15, 0.2) is 0 Å². The topological polar surface area (TPSA) is 93.6 Å². The van der Waals surface area contributed by atoms with E-state index in [9.17, 15) is 4.79 Å². The molecule has 2 amide bonds. The number of primary amides is 1. The molecule has 1 rings (SSSR count). The average Bonchev–Trinajstić information content (AvgIpc) is 2.38. The zero-order valence-electron chi connectivity index (χ0n) is 12.7. The minimum absolute atomic E-state index is 0. The Kier molecular flexibility index (Phi) is 8.96. The second-order valence-corrected chi connectivity index (χ2v) is 5.29. The number of carbonyl (C=O) groups is 1. The van der Waals surface area contributed by atoms with Crippen molar-refractivity contribution in [2.45, 2.75) is 51.3 Å². The number of hydrogen-bond acceptors (Lipinski definition) is 4. The molecular formula is C13H29IN4O2. The van der Waals surface area contributed by atoms with Gasteiger partial charge in [0.25, 0.3) is 0 Å². The van der Waals surface area contributed by atoms with Gasteiger partial charge in [0.15, 0.2) is 0 Å². The molecule has 20 heavy (non-hydrogen) atoms. The highest BCUT2D eigenvalue weighted by molar-refractivity contribution is 14.0. The summed E-state index contributed by atoms with van der Waals surface area (Å²) in [5, 5.41) is 2.63. The minimum Gasteiger partial charge on any atom is -0.376 e. The smallest absolute Gasteiger partial charge is 0.312 e. The fraction of sp³-hybridized carbons (Fsp3) is 0.923. The van der Waals surface area contributed by atoms with E-state index in [0.29, 0.717) is 6.54 Å². The molecule has 5 N–H and O–H groups in total. The van der Waals surface area contributed by atoms with Crippen molar-refractivity contribution in [3.8, 4) is 0 Å². The van der Waals surface area contributed by atoms with Gasteiger partial charge in [-0.05, 0) is 19.8 Å². The van der Waals surface area contributed by atoms with Crippen LogP contribution in [0, 0.1) is 0 Å². The first kappa shape index (κ1) is 19.9. The first-order valence-corrected chi connectivity index (χ1v) is 7.11. The van der Waals surface area contributed by atoms with Gasteiger partial charge < -0.3 is 21.5 Å². The molecule has 6 nitrogen and oxygen atoms in total. The van der Waals surface area contributed by atoms with Gasteiger partial charge in [-0.3, -0.25) is 4.90 Å². The lowest BCUT2D eigenvalue weighted by molar-refractivity contribution is -0.0724. The first-order valence-electron chi connectivity index (χ1n) is 7.11. The molecule has 1 saturated heterocycles. The highest BCUT2D eigenvalue weighted by atomic mass is 127. The summed E-state index contributed by atoms with van der Waals surface area (Å²) in [6.45, 7) is 9.28. The van der Waals surface area contributed by atoms with Crippen molar-refractivity contribution < 1.29 is 9.53 Å². The van der Waals surface area contributed by atoms with Gasteiger partial charge in [0.05, 0.1) is 12.7 Å². The lowest BCUT2D eigenvalue weighted by atomic mass is 9.82. The van der Waals surface area contributed by atoms with Crippen molar-refractivity contribution in [1.29, 1.82) is 0 Å². The third kappa shape index (κ3) is 4.71. The lowest BCUT2D eigenvalue weighted by Gasteiger charge is -2.49. The molecule has 2 unspecified atom stereocenters. The molecule has 1 aliphatic rings. The summed E-state index contributed by atoms with van der Waals surface area (Å²) in [6, 6.07) is -0.660. The van der Waals surface area contributed by atoms with Gasteiger partial charge >= 0.3 is 6.03 Å². The van der Waals surface area contributed by atoms with Crippen LogP contribution in [0.5, 0.6) is 0 Å². The van der Waals surface area contributed by atoms with Gasteiger partial charge in [0, 0.05) is 31.2 Å². The molecular weight excluding hydrogens is 371 g/mol. The Bertz CT molecular complexity index is 300. The summed E-state index contributed by atoms with van der Waals surface area (Å²) >= 11 is 0. The second kappa shape index (κ2) is 9.01. The molecule has 0 bridgehead atoms. The summed E-state index contributed by atoms with van der Waals surface area (Å²) < 4.78 is 5.60. The summed E-state index contributed by atoms with van der Waals surface area (Å²) in [4.78, 5) is 13.3. The van der Waals surface area contributed by atoms with Crippen LogP contribution < -0.4 is 16.8 Å². The van der Waals surface area contributed by atoms with E-state index in [-0.39, 0.29) is 41.7 Å². The molecule has 0 spiro atoms. The third-order valence-corrected chi connectivity index (χ3v) is 4.28. The lowest BCUT2D eigenvalue weighted by Crippen LogP contribution is -2.65. The van der Waals surface area contributed by atoms with Crippen LogP contribution in [0.1, 0.15) is 33.6 Å².